The van der Waals surface area contributed by atoms with Crippen LogP contribution in [0.2, 0.25) is 0 Å². The van der Waals surface area contributed by atoms with Crippen LogP contribution in [-0.2, 0) is 28.0 Å². The maximum atomic E-state index is 10.1. The van der Waals surface area contributed by atoms with E-state index in [-0.39, 0.29) is 214 Å². The molecule has 0 aliphatic heterocycles. The zero-order valence-corrected chi connectivity index (χ0v) is 39.9. The third-order valence-electron chi connectivity index (χ3n) is 2.93. The molecule has 0 saturated heterocycles. The van der Waals surface area contributed by atoms with E-state index < -0.39 is 32.2 Å². The number of phosphoric acid groups is 2. The summed E-state index contributed by atoms with van der Waals surface area (Å²) in [6.45, 7) is 2.24. The molecule has 0 rings (SSSR count). The number of unbranched alkanes of at least 4 members (excludes halogenated alkanes) is 9. The van der Waals surface area contributed by atoms with Gasteiger partial charge in [0.1, 0.15) is 0 Å². The molecular weight excluding hydrogens is 635 g/mol. The number of hydrogen-bond donors (Lipinski definition) is 0. The van der Waals surface area contributed by atoms with Crippen LogP contribution in [0.25, 0.3) is 0 Å². The number of rotatable bonds is 14. The normalized spacial score (nSPS) is 9.46. The first-order valence-corrected chi connectivity index (χ1v) is 13.0. The minimum absolute atomic E-state index is 0. The summed E-state index contributed by atoms with van der Waals surface area (Å²) in [5.41, 5.74) is 0. The van der Waals surface area contributed by atoms with E-state index in [0.29, 0.717) is 6.42 Å². The number of carbonyl (C=O) groups excluding carboxylic acids is 1. The molecule has 0 aromatic heterocycles. The Morgan fingerprint density at radius 1 is 0.649 bits per heavy atom. The van der Waals surface area contributed by atoms with Gasteiger partial charge >= 0.3 is 207 Å². The summed E-state index contributed by atoms with van der Waals surface area (Å²) in [7, 11) is -15.8. The topological polar surface area (TPSA) is 265 Å². The summed E-state index contributed by atoms with van der Waals surface area (Å²) in [5, 5.41) is 16.7. The molecule has 0 aliphatic carbocycles. The Hall–Kier alpha value is 6.40. The molecule has 0 unspecified atom stereocenters. The summed E-state index contributed by atoms with van der Waals surface area (Å²) < 4.78 is 55.6. The molecule has 0 atom stereocenters. The van der Waals surface area contributed by atoms with E-state index in [2.05, 4.69) is 15.4 Å². The van der Waals surface area contributed by atoms with Gasteiger partial charge in [0.05, 0.1) is 22.3 Å². The van der Waals surface area contributed by atoms with Crippen molar-refractivity contribution in [3.63, 3.8) is 0 Å². The van der Waals surface area contributed by atoms with Gasteiger partial charge in [0.25, 0.3) is 0 Å². The van der Waals surface area contributed by atoms with Crippen molar-refractivity contribution in [2.24, 2.45) is 0 Å². The van der Waals surface area contributed by atoms with Crippen LogP contribution >= 0.6 is 15.6 Å². The molecule has 0 fully saturated rings. The molecule has 14 nitrogen and oxygen atoms in total. The fraction of sp³-hybridized carbons (Fsp3) is 0.923. The molecule has 24 heteroatoms. The van der Waals surface area contributed by atoms with E-state index in [9.17, 15) is 41.7 Å². The SMILES string of the molecule is CCCCCCCCCCCCOS(=O)(=O)[O-].O=C([O-])[O-].O=P([O-])([O-])OP(=O)([O-])[O-].[Na+].[Na+].[Na+].[Na+].[Na+].[Na+].[Na+]. The van der Waals surface area contributed by atoms with Gasteiger partial charge < -0.3 is 52.6 Å². The standard InChI is InChI=1S/C12H26O4S.CH2O3.7Na.H4O7P2/c1-2-3-4-5-6-7-8-9-10-11-12-16-17(13,14)15;2-1(3)4;;;;;;;;1-8(2,3)7-9(4,5)6/h2-12H2,1H3,(H,13,14,15);(H2,2,3,4);;;;;;;;(H2,1,2,3)(H2,4,5,6)/q;;7*+1;/p-7. The minimum atomic E-state index is -5.68. The van der Waals surface area contributed by atoms with E-state index in [0.717, 1.165) is 12.8 Å². The second-order valence-corrected chi connectivity index (χ2v) is 9.13. The fourth-order valence-electron chi connectivity index (χ4n) is 1.87. The van der Waals surface area contributed by atoms with E-state index >= 15 is 0 Å². The Kier molecular flexibility index (Phi) is 84.2. The molecule has 0 spiro atoms. The predicted molar refractivity (Wildman–Crippen MR) is 89.2 cm³/mol. The zero-order valence-electron chi connectivity index (χ0n) is 23.3. The summed E-state index contributed by atoms with van der Waals surface area (Å²) in [6, 6.07) is 0. The second kappa shape index (κ2) is 44.5. The molecule has 0 aromatic carbocycles. The Bertz CT molecular complexity index is 613. The van der Waals surface area contributed by atoms with E-state index in [1.54, 1.807) is 0 Å². The first-order chi connectivity index (χ1) is 13.5. The zero-order chi connectivity index (χ0) is 24.3. The first-order valence-electron chi connectivity index (χ1n) is 8.74. The van der Waals surface area contributed by atoms with Crippen molar-refractivity contribution >= 4 is 32.2 Å². The van der Waals surface area contributed by atoms with Gasteiger partial charge in [-0.15, -0.1) is 0 Å². The molecule has 0 bridgehead atoms. The summed E-state index contributed by atoms with van der Waals surface area (Å²) in [6.07, 6.45) is 9.37. The molecule has 0 N–H and O–H groups in total. The van der Waals surface area contributed by atoms with Crippen molar-refractivity contribution in [3.05, 3.63) is 0 Å². The van der Waals surface area contributed by atoms with Crippen LogP contribution in [0.5, 0.6) is 0 Å². The van der Waals surface area contributed by atoms with Crippen molar-refractivity contribution in [3.8, 4) is 0 Å². The molecule has 0 aromatic rings. The van der Waals surface area contributed by atoms with Gasteiger partial charge in [-0.05, 0) is 12.6 Å². The van der Waals surface area contributed by atoms with Crippen LogP contribution in [-0.4, -0.2) is 25.7 Å². The molecular formula is C13H25Na7O14P2S. The average molecular weight is 660 g/mol. The van der Waals surface area contributed by atoms with Gasteiger partial charge in [0.2, 0.25) is 10.4 Å². The van der Waals surface area contributed by atoms with Crippen LogP contribution in [0, 0.1) is 0 Å². The van der Waals surface area contributed by atoms with Crippen LogP contribution in [0.3, 0.4) is 0 Å². The maximum absolute atomic E-state index is 10.1. The molecule has 0 amide bonds. The summed E-state index contributed by atoms with van der Waals surface area (Å²) in [4.78, 5) is 45.6. The van der Waals surface area contributed by atoms with Crippen molar-refractivity contribution in [1.29, 1.82) is 0 Å². The van der Waals surface area contributed by atoms with Crippen LogP contribution in [0.15, 0.2) is 0 Å². The number of hydrogen-bond acceptors (Lipinski definition) is 14. The van der Waals surface area contributed by atoms with Crippen LogP contribution in [0.4, 0.5) is 4.79 Å². The molecule has 37 heavy (non-hydrogen) atoms. The van der Waals surface area contributed by atoms with Crippen molar-refractivity contribution in [2.75, 3.05) is 6.61 Å². The first kappa shape index (κ1) is 69.9. The van der Waals surface area contributed by atoms with E-state index in [1.807, 2.05) is 0 Å². The van der Waals surface area contributed by atoms with Crippen molar-refractivity contribution < 1.29 is 272 Å². The van der Waals surface area contributed by atoms with Gasteiger partial charge in [-0.1, -0.05) is 64.7 Å². The van der Waals surface area contributed by atoms with Crippen molar-refractivity contribution in [1.82, 2.24) is 0 Å². The van der Waals surface area contributed by atoms with Gasteiger partial charge in [0, 0.05) is 0 Å². The van der Waals surface area contributed by atoms with Crippen molar-refractivity contribution in [2.45, 2.75) is 71.1 Å². The fourth-order valence-corrected chi connectivity index (χ4v) is 3.17. The third-order valence-corrected chi connectivity index (χ3v) is 4.98. The van der Waals surface area contributed by atoms with Gasteiger partial charge in [-0.25, -0.2) is 8.42 Å². The summed E-state index contributed by atoms with van der Waals surface area (Å²) in [5.74, 6) is 0. The molecule has 0 radical (unpaired) electrons. The smallest absolute Gasteiger partial charge is 0.790 e. The average Bonchev–Trinajstić information content (AvgIpc) is 2.48. The third kappa shape index (κ3) is 99.3. The largest absolute Gasteiger partial charge is 1.00 e. The molecule has 0 aliphatic rings. The van der Waals surface area contributed by atoms with Crippen LogP contribution < -0.4 is 237 Å². The predicted octanol–water partition coefficient (Wildman–Crippen LogP) is -23.4. The molecule has 184 valence electrons. The molecule has 0 saturated carbocycles. The van der Waals surface area contributed by atoms with E-state index in [1.165, 1.54) is 44.9 Å². The Morgan fingerprint density at radius 3 is 1.08 bits per heavy atom. The van der Waals surface area contributed by atoms with E-state index in [4.69, 9.17) is 15.0 Å². The van der Waals surface area contributed by atoms with Gasteiger partial charge in [-0.2, -0.15) is 0 Å². The Morgan fingerprint density at radius 2 is 0.892 bits per heavy atom. The summed E-state index contributed by atoms with van der Waals surface area (Å²) >= 11 is 0. The second-order valence-electron chi connectivity index (χ2n) is 5.64. The maximum Gasteiger partial charge on any atom is 1.00 e. The Labute approximate surface area is 374 Å². The number of carbonyl (C=O) groups is 1. The van der Waals surface area contributed by atoms with Gasteiger partial charge in [0.15, 0.2) is 0 Å². The number of carboxylic acid groups (broad SMARTS) is 2. The minimum Gasteiger partial charge on any atom is -0.790 e. The van der Waals surface area contributed by atoms with Crippen LogP contribution in [0.1, 0.15) is 71.1 Å². The van der Waals surface area contributed by atoms with Gasteiger partial charge in [-0.3, -0.25) is 4.18 Å². The Balaban J connectivity index is -0.0000000397. The monoisotopic (exact) mass is 660 g/mol. The molecule has 0 heterocycles. The quantitative estimate of drug-likeness (QED) is 0.0551.